The standard InChI is InChI=1S/C25H29N5O5S2/c1-16-14-20(12-13-21(16)27-23(32)17-6-4-3-5-7-17)26-22(31)15-36-25-29-28-24(35-25)18-8-10-19(11-9-18)30-37(2,33)34/h8-14,17,30H,3-7,15H2,1-2H3,(H,26,31)(H,27,32). The molecule has 0 atom stereocenters. The monoisotopic (exact) mass is 543 g/mol. The number of hydrogen-bond donors (Lipinski definition) is 3. The van der Waals surface area contributed by atoms with Gasteiger partial charge < -0.3 is 15.1 Å². The number of aromatic nitrogens is 2. The lowest BCUT2D eigenvalue weighted by molar-refractivity contribution is -0.120. The predicted molar refractivity (Wildman–Crippen MR) is 144 cm³/mol. The van der Waals surface area contributed by atoms with Crippen molar-refractivity contribution in [1.82, 2.24) is 10.2 Å². The molecule has 10 nitrogen and oxygen atoms in total. The van der Waals surface area contributed by atoms with Crippen molar-refractivity contribution in [1.29, 1.82) is 0 Å². The summed E-state index contributed by atoms with van der Waals surface area (Å²) in [6.45, 7) is 1.89. The van der Waals surface area contributed by atoms with Crippen LogP contribution in [0.4, 0.5) is 17.1 Å². The first-order valence-corrected chi connectivity index (χ1v) is 14.8. The van der Waals surface area contributed by atoms with Crippen LogP contribution in [0.1, 0.15) is 37.7 Å². The summed E-state index contributed by atoms with van der Waals surface area (Å²) < 4.78 is 30.6. The minimum Gasteiger partial charge on any atom is -0.411 e. The van der Waals surface area contributed by atoms with Gasteiger partial charge in [-0.3, -0.25) is 14.3 Å². The Hall–Kier alpha value is -3.38. The summed E-state index contributed by atoms with van der Waals surface area (Å²) >= 11 is 1.10. The molecule has 0 bridgehead atoms. The van der Waals surface area contributed by atoms with Crippen LogP contribution in [0.3, 0.4) is 0 Å². The van der Waals surface area contributed by atoms with E-state index in [1.807, 2.05) is 13.0 Å². The molecule has 0 aliphatic heterocycles. The van der Waals surface area contributed by atoms with Crippen LogP contribution in [-0.4, -0.2) is 42.4 Å². The summed E-state index contributed by atoms with van der Waals surface area (Å²) in [5.41, 5.74) is 3.30. The molecule has 2 aromatic carbocycles. The highest BCUT2D eigenvalue weighted by Crippen LogP contribution is 2.27. The van der Waals surface area contributed by atoms with E-state index in [4.69, 9.17) is 4.42 Å². The minimum atomic E-state index is -3.36. The fourth-order valence-electron chi connectivity index (χ4n) is 4.09. The molecule has 196 valence electrons. The molecule has 37 heavy (non-hydrogen) atoms. The van der Waals surface area contributed by atoms with Crippen molar-refractivity contribution in [3.05, 3.63) is 48.0 Å². The van der Waals surface area contributed by atoms with Gasteiger partial charge >= 0.3 is 0 Å². The van der Waals surface area contributed by atoms with Crippen LogP contribution in [0.15, 0.2) is 52.1 Å². The maximum atomic E-state index is 12.5. The Morgan fingerprint density at radius 3 is 2.38 bits per heavy atom. The molecule has 1 aliphatic carbocycles. The Morgan fingerprint density at radius 1 is 1.00 bits per heavy atom. The number of carbonyl (C=O) groups is 2. The Kier molecular flexibility index (Phi) is 8.49. The maximum Gasteiger partial charge on any atom is 0.277 e. The van der Waals surface area contributed by atoms with Crippen LogP contribution in [0.25, 0.3) is 11.5 Å². The first-order chi connectivity index (χ1) is 17.7. The van der Waals surface area contributed by atoms with Gasteiger partial charge in [0.1, 0.15) is 0 Å². The third-order valence-electron chi connectivity index (χ3n) is 5.91. The van der Waals surface area contributed by atoms with Crippen molar-refractivity contribution >= 4 is 50.7 Å². The van der Waals surface area contributed by atoms with Crippen molar-refractivity contribution in [2.45, 2.75) is 44.3 Å². The molecule has 12 heteroatoms. The average Bonchev–Trinajstić information content (AvgIpc) is 3.33. The summed E-state index contributed by atoms with van der Waals surface area (Å²) in [5, 5.41) is 14.0. The smallest absolute Gasteiger partial charge is 0.277 e. The number of rotatable bonds is 9. The zero-order valence-electron chi connectivity index (χ0n) is 20.6. The third-order valence-corrected chi connectivity index (χ3v) is 7.34. The number of anilines is 3. The second kappa shape index (κ2) is 11.8. The lowest BCUT2D eigenvalue weighted by atomic mass is 9.88. The second-order valence-corrected chi connectivity index (χ2v) is 11.7. The Bertz CT molecular complexity index is 1370. The van der Waals surface area contributed by atoms with Gasteiger partial charge in [-0.1, -0.05) is 31.0 Å². The van der Waals surface area contributed by atoms with Gasteiger partial charge in [0, 0.05) is 28.5 Å². The van der Waals surface area contributed by atoms with Gasteiger partial charge in [-0.25, -0.2) is 8.42 Å². The van der Waals surface area contributed by atoms with Gasteiger partial charge in [-0.2, -0.15) is 0 Å². The number of carbonyl (C=O) groups excluding carboxylic acids is 2. The van der Waals surface area contributed by atoms with E-state index in [1.54, 1.807) is 36.4 Å². The van der Waals surface area contributed by atoms with E-state index in [9.17, 15) is 18.0 Å². The van der Waals surface area contributed by atoms with Gasteiger partial charge in [-0.15, -0.1) is 10.2 Å². The number of nitrogens with one attached hydrogen (secondary N) is 3. The molecular weight excluding hydrogens is 514 g/mol. The van der Waals surface area contributed by atoms with E-state index in [-0.39, 0.29) is 34.6 Å². The van der Waals surface area contributed by atoms with Crippen LogP contribution in [-0.2, 0) is 19.6 Å². The van der Waals surface area contributed by atoms with E-state index in [0.29, 0.717) is 16.9 Å². The summed E-state index contributed by atoms with van der Waals surface area (Å²) in [6.07, 6.45) is 6.35. The SMILES string of the molecule is Cc1cc(NC(=O)CSc2nnc(-c3ccc(NS(C)(=O)=O)cc3)o2)ccc1NC(=O)C1CCCCC1. The molecule has 0 spiro atoms. The van der Waals surface area contributed by atoms with E-state index >= 15 is 0 Å². The third kappa shape index (κ3) is 7.80. The van der Waals surface area contributed by atoms with E-state index in [0.717, 1.165) is 55.0 Å². The molecule has 1 aromatic heterocycles. The van der Waals surface area contributed by atoms with Gasteiger partial charge in [0.05, 0.1) is 12.0 Å². The van der Waals surface area contributed by atoms with Gasteiger partial charge in [-0.05, 0) is 67.8 Å². The van der Waals surface area contributed by atoms with Crippen molar-refractivity contribution in [3.8, 4) is 11.5 Å². The molecule has 1 heterocycles. The highest BCUT2D eigenvalue weighted by Gasteiger charge is 2.21. The van der Waals surface area contributed by atoms with Crippen LogP contribution in [0.5, 0.6) is 0 Å². The van der Waals surface area contributed by atoms with Gasteiger partial charge in [0.15, 0.2) is 0 Å². The van der Waals surface area contributed by atoms with Gasteiger partial charge in [0.2, 0.25) is 27.7 Å². The second-order valence-electron chi connectivity index (χ2n) is 9.02. The highest BCUT2D eigenvalue weighted by atomic mass is 32.2. The fraction of sp³-hybridized carbons (Fsp3) is 0.360. The largest absolute Gasteiger partial charge is 0.411 e. The number of amides is 2. The number of benzene rings is 2. The zero-order valence-corrected chi connectivity index (χ0v) is 22.2. The predicted octanol–water partition coefficient (Wildman–Crippen LogP) is 4.67. The van der Waals surface area contributed by atoms with Gasteiger partial charge in [0.25, 0.3) is 5.22 Å². The summed E-state index contributed by atoms with van der Waals surface area (Å²) in [6, 6.07) is 11.9. The maximum absolute atomic E-state index is 12.5. The number of thioether (sulfide) groups is 1. The van der Waals surface area contributed by atoms with Crippen LogP contribution < -0.4 is 15.4 Å². The molecular formula is C25H29N5O5S2. The van der Waals surface area contributed by atoms with Crippen molar-refractivity contribution < 1.29 is 22.4 Å². The number of hydrogen-bond acceptors (Lipinski definition) is 8. The molecule has 0 saturated heterocycles. The lowest BCUT2D eigenvalue weighted by Gasteiger charge is -2.21. The Morgan fingerprint density at radius 2 is 1.70 bits per heavy atom. The Balaban J connectivity index is 1.27. The zero-order chi connectivity index (χ0) is 26.4. The van der Waals surface area contributed by atoms with Crippen molar-refractivity contribution in [2.24, 2.45) is 5.92 Å². The molecule has 1 fully saturated rings. The van der Waals surface area contributed by atoms with Crippen molar-refractivity contribution in [3.63, 3.8) is 0 Å². The average molecular weight is 544 g/mol. The Labute approximate surface area is 220 Å². The topological polar surface area (TPSA) is 143 Å². The van der Waals surface area contributed by atoms with E-state index in [1.165, 1.54) is 6.42 Å². The van der Waals surface area contributed by atoms with Crippen LogP contribution in [0, 0.1) is 12.8 Å². The summed E-state index contributed by atoms with van der Waals surface area (Å²) in [7, 11) is -3.36. The number of aryl methyl sites for hydroxylation is 1. The molecule has 3 aromatic rings. The number of nitrogens with zero attached hydrogens (tertiary/aromatic N) is 2. The first-order valence-electron chi connectivity index (χ1n) is 11.9. The summed E-state index contributed by atoms with van der Waals surface area (Å²) in [4.78, 5) is 25.0. The molecule has 0 radical (unpaired) electrons. The molecule has 4 rings (SSSR count). The molecule has 1 aliphatic rings. The van der Waals surface area contributed by atoms with E-state index in [2.05, 4.69) is 25.6 Å². The highest BCUT2D eigenvalue weighted by molar-refractivity contribution is 7.99. The molecule has 0 unspecified atom stereocenters. The van der Waals surface area contributed by atoms with Crippen molar-refractivity contribution in [2.75, 3.05) is 27.4 Å². The van der Waals surface area contributed by atoms with Crippen LogP contribution in [0.2, 0.25) is 0 Å². The van der Waals surface area contributed by atoms with Crippen LogP contribution >= 0.6 is 11.8 Å². The lowest BCUT2D eigenvalue weighted by Crippen LogP contribution is -2.25. The quantitative estimate of drug-likeness (QED) is 0.331. The minimum absolute atomic E-state index is 0.0661. The first kappa shape index (κ1) is 26.7. The molecule has 1 saturated carbocycles. The summed E-state index contributed by atoms with van der Waals surface area (Å²) in [5.74, 6) is 0.231. The fourth-order valence-corrected chi connectivity index (χ4v) is 5.21. The normalized spacial score (nSPS) is 14.2. The van der Waals surface area contributed by atoms with E-state index < -0.39 is 10.0 Å². The molecule has 3 N–H and O–H groups in total. The molecule has 2 amide bonds. The number of sulfonamides is 1.